The molecule has 0 nitrogen and oxygen atoms in total. The quantitative estimate of drug-likeness (QED) is 0.202. The summed E-state index contributed by atoms with van der Waals surface area (Å²) in [5.74, 6) is 3.65. The Morgan fingerprint density at radius 1 is 0.780 bits per heavy atom. The Morgan fingerprint density at radius 2 is 1.24 bits per heavy atom. The van der Waals surface area contributed by atoms with E-state index in [4.69, 9.17) is 0 Å². The average molecular weight is 789 g/mol. The summed E-state index contributed by atoms with van der Waals surface area (Å²) in [5, 5.41) is 5.49. The van der Waals surface area contributed by atoms with Gasteiger partial charge in [-0.1, -0.05) is 103 Å². The third-order valence-electron chi connectivity index (χ3n) is 11.6. The molecule has 0 spiro atoms. The molecule has 0 aliphatic heterocycles. The molecule has 0 N–H and O–H groups in total. The van der Waals surface area contributed by atoms with Crippen molar-refractivity contribution in [3.05, 3.63) is 113 Å². The van der Waals surface area contributed by atoms with Gasteiger partial charge in [-0.05, 0) is 72.5 Å². The maximum atomic E-state index is 12.2. The van der Waals surface area contributed by atoms with E-state index in [-0.39, 0.29) is 41.5 Å². The van der Waals surface area contributed by atoms with Crippen LogP contribution in [0.15, 0.2) is 84.0 Å². The van der Waals surface area contributed by atoms with E-state index in [1.54, 1.807) is 56.2 Å². The van der Waals surface area contributed by atoms with Crippen LogP contribution in [0, 0.1) is 41.0 Å². The molecule has 0 heterocycles. The van der Waals surface area contributed by atoms with Crippen LogP contribution in [0.5, 0.6) is 0 Å². The molecule has 4 bridgehead atoms. The summed E-state index contributed by atoms with van der Waals surface area (Å²) >= 11 is 1.34. The molecule has 4 heteroatoms. The zero-order valence-electron chi connectivity index (χ0n) is 31.4. The Hall–Kier alpha value is -1.73. The Morgan fingerprint density at radius 3 is 1.62 bits per heavy atom. The second-order valence-electron chi connectivity index (χ2n) is 17.8. The van der Waals surface area contributed by atoms with E-state index in [0.29, 0.717) is 11.3 Å². The van der Waals surface area contributed by atoms with E-state index in [9.17, 15) is 4.39 Å². The molecule has 5 aliphatic carbocycles. The summed E-state index contributed by atoms with van der Waals surface area (Å²) in [6.07, 6.45) is 16.7. The number of rotatable bonds is 3. The maximum Gasteiger partial charge on any atom is -1.00 e. The fraction of sp³-hybridized carbons (Fsp3) is 0.478. The van der Waals surface area contributed by atoms with Gasteiger partial charge in [0.2, 0.25) is 0 Å². The van der Waals surface area contributed by atoms with Crippen molar-refractivity contribution in [2.45, 2.75) is 111 Å². The fourth-order valence-corrected chi connectivity index (χ4v) is 9.97. The number of allylic oxidation sites excluding steroid dienone is 4. The molecule has 5 aliphatic rings. The third-order valence-corrected chi connectivity index (χ3v) is 12.4. The third kappa shape index (κ3) is 9.43. The van der Waals surface area contributed by atoms with Crippen LogP contribution in [0.1, 0.15) is 117 Å². The first-order valence-electron chi connectivity index (χ1n) is 18.3. The number of hydrogen-bond donors (Lipinski definition) is 0. The van der Waals surface area contributed by atoms with Gasteiger partial charge < -0.3 is 24.8 Å². The topological polar surface area (TPSA) is 0 Å². The Balaban J connectivity index is 0.000000177. The first-order chi connectivity index (χ1) is 22.6. The van der Waals surface area contributed by atoms with Crippen molar-refractivity contribution in [2.75, 3.05) is 0 Å². The summed E-state index contributed by atoms with van der Waals surface area (Å²) in [6.45, 7) is 18.2. The SMILES string of the molecule is CC(C)(C)c1ccc2[cH-]c3ccc(C(C)(C)C)cc3c2c1.CC1=[C-]C(C)C=C1CC12CC3CC(CC(C3)C1)C2.Fc1ccc([CH]=[Zr+2])cc1.[Cl-].[Cl-]. The molecule has 50 heavy (non-hydrogen) atoms. The number of hydrogen-bond acceptors (Lipinski definition) is 0. The molecular formula is C46H55Cl2FZr-2. The number of halogens is 3. The molecular weight excluding hydrogens is 734 g/mol. The van der Waals surface area contributed by atoms with Gasteiger partial charge in [0.15, 0.2) is 0 Å². The summed E-state index contributed by atoms with van der Waals surface area (Å²) in [7, 11) is 0. The Labute approximate surface area is 329 Å². The molecule has 1 atom stereocenters. The molecule has 4 saturated carbocycles. The molecule has 4 aromatic rings. The molecule has 1 unspecified atom stereocenters. The normalized spacial score (nSPS) is 25.0. The van der Waals surface area contributed by atoms with E-state index < -0.39 is 0 Å². The standard InChI is InChI=1S/C21H25.C18H25.C7H5F.2ClH.Zr/c1-20(2,3)16-9-7-14-11-15-8-10-17(21(4,5)6)13-19(15)18(14)12-16;1-12-3-13(2)17(4-12)11-18-8-14-5-15(9-18)7-16(6-14)10-18;1-6-2-4-7(8)5-3-6;;;/h7-13H,1-6H3;4,12,14-16H,5-11H2,1-2H3;1-5H;2*1H;/q2*-1;;;;+2/p-2. The molecule has 0 radical (unpaired) electrons. The largest absolute Gasteiger partial charge is 1.00 e. The molecule has 4 fully saturated rings. The van der Waals surface area contributed by atoms with Crippen LogP contribution in [0.2, 0.25) is 0 Å². The number of benzene rings is 3. The molecule has 9 rings (SSSR count). The van der Waals surface area contributed by atoms with Crippen molar-refractivity contribution in [1.29, 1.82) is 0 Å². The number of fused-ring (bicyclic) bond motifs is 3. The maximum absolute atomic E-state index is 12.2. The smallest absolute Gasteiger partial charge is 1.00 e. The van der Waals surface area contributed by atoms with E-state index in [2.05, 4.69) is 110 Å². The molecule has 0 amide bonds. The van der Waals surface area contributed by atoms with Gasteiger partial charge in [0, 0.05) is 0 Å². The van der Waals surface area contributed by atoms with E-state index in [1.165, 1.54) is 81.0 Å². The predicted octanol–water partition coefficient (Wildman–Crippen LogP) is 6.76. The minimum atomic E-state index is -0.170. The van der Waals surface area contributed by atoms with Crippen LogP contribution >= 0.6 is 0 Å². The van der Waals surface area contributed by atoms with Gasteiger partial charge in [0.25, 0.3) is 0 Å². The van der Waals surface area contributed by atoms with Crippen molar-refractivity contribution in [1.82, 2.24) is 0 Å². The van der Waals surface area contributed by atoms with Crippen LogP contribution < -0.4 is 24.8 Å². The van der Waals surface area contributed by atoms with Gasteiger partial charge in [-0.15, -0.1) is 39.7 Å². The molecule has 0 saturated heterocycles. The van der Waals surface area contributed by atoms with Gasteiger partial charge in [0.05, 0.1) is 0 Å². The predicted molar refractivity (Wildman–Crippen MR) is 201 cm³/mol. The second-order valence-corrected chi connectivity index (χ2v) is 18.5. The van der Waals surface area contributed by atoms with Crippen molar-refractivity contribution in [3.8, 4) is 0 Å². The summed E-state index contributed by atoms with van der Waals surface area (Å²) < 4.78 is 14.2. The van der Waals surface area contributed by atoms with Crippen molar-refractivity contribution in [3.63, 3.8) is 0 Å². The summed E-state index contributed by atoms with van der Waals surface area (Å²) in [5.41, 5.74) is 8.09. The van der Waals surface area contributed by atoms with Crippen LogP contribution in [0.4, 0.5) is 4.39 Å². The first-order valence-corrected chi connectivity index (χ1v) is 19.7. The Kier molecular flexibility index (Phi) is 13.2. The van der Waals surface area contributed by atoms with Crippen molar-refractivity contribution < 1.29 is 53.4 Å². The van der Waals surface area contributed by atoms with Crippen molar-refractivity contribution >= 4 is 25.3 Å². The Bertz CT molecular complexity index is 1740. The van der Waals surface area contributed by atoms with Gasteiger partial charge in [-0.3, -0.25) is 6.08 Å². The van der Waals surface area contributed by atoms with Crippen LogP contribution in [-0.4, -0.2) is 3.71 Å². The van der Waals surface area contributed by atoms with E-state index in [1.807, 2.05) is 3.71 Å². The van der Waals surface area contributed by atoms with Gasteiger partial charge in [-0.25, -0.2) is 5.57 Å². The van der Waals surface area contributed by atoms with Crippen LogP contribution in [0.3, 0.4) is 0 Å². The minimum Gasteiger partial charge on any atom is -1.00 e. The molecule has 4 aromatic carbocycles. The fourth-order valence-electron chi connectivity index (χ4n) is 9.50. The zero-order chi connectivity index (χ0) is 34.4. The van der Waals surface area contributed by atoms with Crippen LogP contribution in [0.25, 0.3) is 21.5 Å². The zero-order valence-corrected chi connectivity index (χ0v) is 35.4. The van der Waals surface area contributed by atoms with Crippen LogP contribution in [-0.2, 0) is 35.1 Å². The average Bonchev–Trinajstić information content (AvgIpc) is 3.53. The molecule has 0 aromatic heterocycles. The molecule has 266 valence electrons. The summed E-state index contributed by atoms with van der Waals surface area (Å²) in [6, 6.07) is 22.6. The van der Waals surface area contributed by atoms with Crippen molar-refractivity contribution in [2.24, 2.45) is 29.1 Å². The van der Waals surface area contributed by atoms with Gasteiger partial charge in [0.1, 0.15) is 0 Å². The van der Waals surface area contributed by atoms with Gasteiger partial charge >= 0.3 is 68.0 Å². The van der Waals surface area contributed by atoms with E-state index >= 15 is 0 Å². The monoisotopic (exact) mass is 786 g/mol. The second kappa shape index (κ2) is 16.1. The summed E-state index contributed by atoms with van der Waals surface area (Å²) in [4.78, 5) is 0. The minimum absolute atomic E-state index is 0. The first kappa shape index (κ1) is 41.0. The van der Waals surface area contributed by atoms with Gasteiger partial charge in [-0.2, -0.15) is 11.6 Å². The van der Waals surface area contributed by atoms with E-state index in [0.717, 1.165) is 23.3 Å².